The Balaban J connectivity index is 1.87. The molecule has 68 valence electrons. The summed E-state index contributed by atoms with van der Waals surface area (Å²) in [6.45, 7) is 2.55. The van der Waals surface area contributed by atoms with Crippen molar-refractivity contribution in [1.82, 2.24) is 4.90 Å². The second kappa shape index (κ2) is 2.96. The summed E-state index contributed by atoms with van der Waals surface area (Å²) in [6, 6.07) is 1.70. The highest BCUT2D eigenvalue weighted by Crippen LogP contribution is 2.40. The summed E-state index contributed by atoms with van der Waals surface area (Å²) < 4.78 is 5.17. The van der Waals surface area contributed by atoms with E-state index in [-0.39, 0.29) is 0 Å². The van der Waals surface area contributed by atoms with Crippen molar-refractivity contribution in [2.45, 2.75) is 44.7 Å². The maximum Gasteiger partial charge on any atom is 0.285 e. The zero-order valence-corrected chi connectivity index (χ0v) is 7.55. The summed E-state index contributed by atoms with van der Waals surface area (Å²) in [5, 5.41) is 7.60. The van der Waals surface area contributed by atoms with Crippen LogP contribution in [0.15, 0.2) is 0 Å². The highest BCUT2D eigenvalue weighted by molar-refractivity contribution is 5.74. The number of nitrogens with zero attached hydrogens (tertiary/aromatic N) is 1. The molecule has 2 fully saturated rings. The van der Waals surface area contributed by atoms with E-state index in [1.165, 1.54) is 25.7 Å². The number of ether oxygens (including phenoxy) is 1. The molecular formula is C9H16N2O. The van der Waals surface area contributed by atoms with Gasteiger partial charge in [0.2, 0.25) is 0 Å². The van der Waals surface area contributed by atoms with Gasteiger partial charge in [-0.05, 0) is 19.8 Å². The molecule has 1 aliphatic carbocycles. The van der Waals surface area contributed by atoms with E-state index in [9.17, 15) is 0 Å². The first-order valence-corrected chi connectivity index (χ1v) is 4.84. The fourth-order valence-corrected chi connectivity index (χ4v) is 2.22. The highest BCUT2D eigenvalue weighted by Gasteiger charge is 2.50. The number of nitrogens with one attached hydrogen (secondary N) is 1. The number of fused-ring (bicyclic) bond motifs is 1. The molecule has 0 aromatic heterocycles. The summed E-state index contributed by atoms with van der Waals surface area (Å²) in [4.78, 5) is 2.12. The summed E-state index contributed by atoms with van der Waals surface area (Å²) in [7, 11) is 0. The standard InChI is InChI=1S/C9H16N2O/c1-2-12-9(10)11-7-5-3-4-6-8(7)11/h7-8,10H,2-6H2,1H3. The van der Waals surface area contributed by atoms with Crippen molar-refractivity contribution in [1.29, 1.82) is 5.41 Å². The molecule has 1 saturated carbocycles. The number of amidine groups is 1. The van der Waals surface area contributed by atoms with Crippen LogP contribution in [0.5, 0.6) is 0 Å². The molecule has 0 bridgehead atoms. The molecule has 2 rings (SSSR count). The van der Waals surface area contributed by atoms with Gasteiger partial charge in [-0.1, -0.05) is 12.8 Å². The van der Waals surface area contributed by atoms with Crippen LogP contribution in [-0.4, -0.2) is 29.6 Å². The van der Waals surface area contributed by atoms with Gasteiger partial charge in [0.05, 0.1) is 18.7 Å². The fraction of sp³-hybridized carbons (Fsp3) is 0.889. The third-order valence-electron chi connectivity index (χ3n) is 2.83. The predicted octanol–water partition coefficient (Wildman–Crippen LogP) is 1.58. The van der Waals surface area contributed by atoms with Crippen LogP contribution in [0.1, 0.15) is 32.6 Å². The third kappa shape index (κ3) is 1.17. The third-order valence-corrected chi connectivity index (χ3v) is 2.83. The number of hydrogen-bond donors (Lipinski definition) is 1. The summed E-state index contributed by atoms with van der Waals surface area (Å²) in [5.74, 6) is 0. The fourth-order valence-electron chi connectivity index (χ4n) is 2.22. The molecule has 2 atom stereocenters. The highest BCUT2D eigenvalue weighted by atomic mass is 16.5. The second-order valence-electron chi connectivity index (χ2n) is 3.56. The quantitative estimate of drug-likeness (QED) is 0.366. The molecule has 1 heterocycles. The maximum atomic E-state index is 7.60. The first-order chi connectivity index (χ1) is 5.84. The van der Waals surface area contributed by atoms with Gasteiger partial charge in [-0.2, -0.15) is 0 Å². The van der Waals surface area contributed by atoms with E-state index in [4.69, 9.17) is 10.1 Å². The van der Waals surface area contributed by atoms with E-state index in [2.05, 4.69) is 4.90 Å². The Kier molecular flexibility index (Phi) is 1.95. The van der Waals surface area contributed by atoms with E-state index >= 15 is 0 Å². The van der Waals surface area contributed by atoms with Crippen LogP contribution in [0.25, 0.3) is 0 Å². The van der Waals surface area contributed by atoms with E-state index in [0.29, 0.717) is 24.7 Å². The number of rotatable bonds is 1. The Hall–Kier alpha value is -0.730. The zero-order chi connectivity index (χ0) is 8.55. The molecule has 3 heteroatoms. The van der Waals surface area contributed by atoms with Crippen molar-refractivity contribution in [3.8, 4) is 0 Å². The minimum Gasteiger partial charge on any atom is -0.466 e. The van der Waals surface area contributed by atoms with Crippen molar-refractivity contribution in [3.63, 3.8) is 0 Å². The maximum absolute atomic E-state index is 7.60. The topological polar surface area (TPSA) is 36.1 Å². The Morgan fingerprint density at radius 2 is 2.00 bits per heavy atom. The van der Waals surface area contributed by atoms with Crippen LogP contribution >= 0.6 is 0 Å². The number of hydrogen-bond acceptors (Lipinski definition) is 2. The summed E-state index contributed by atoms with van der Waals surface area (Å²) in [6.07, 6.45) is 5.19. The first-order valence-electron chi connectivity index (χ1n) is 4.84. The lowest BCUT2D eigenvalue weighted by Crippen LogP contribution is -2.16. The first kappa shape index (κ1) is 7.90. The van der Waals surface area contributed by atoms with Gasteiger partial charge in [0.1, 0.15) is 0 Å². The Bertz CT molecular complexity index is 181. The van der Waals surface area contributed by atoms with Crippen molar-refractivity contribution in [3.05, 3.63) is 0 Å². The van der Waals surface area contributed by atoms with Gasteiger partial charge in [0.25, 0.3) is 6.02 Å². The lowest BCUT2D eigenvalue weighted by Gasteiger charge is -2.06. The molecule has 1 N–H and O–H groups in total. The average Bonchev–Trinajstić information content (AvgIpc) is 2.78. The lowest BCUT2D eigenvalue weighted by atomic mass is 10.0. The van der Waals surface area contributed by atoms with E-state index in [1.54, 1.807) is 0 Å². The van der Waals surface area contributed by atoms with Crippen LogP contribution in [0.2, 0.25) is 0 Å². The largest absolute Gasteiger partial charge is 0.466 e. The van der Waals surface area contributed by atoms with Gasteiger partial charge >= 0.3 is 0 Å². The molecule has 0 amide bonds. The van der Waals surface area contributed by atoms with Gasteiger partial charge in [-0.15, -0.1) is 0 Å². The molecule has 1 saturated heterocycles. The SMILES string of the molecule is CCOC(=N)N1C2CCCCC21. The van der Waals surface area contributed by atoms with Gasteiger partial charge < -0.3 is 9.64 Å². The molecule has 2 unspecified atom stereocenters. The average molecular weight is 168 g/mol. The predicted molar refractivity (Wildman–Crippen MR) is 47.2 cm³/mol. The smallest absolute Gasteiger partial charge is 0.285 e. The van der Waals surface area contributed by atoms with Crippen LogP contribution < -0.4 is 0 Å². The minimum atomic E-state index is 0.398. The van der Waals surface area contributed by atoms with Gasteiger partial charge in [0.15, 0.2) is 0 Å². The van der Waals surface area contributed by atoms with Crippen LogP contribution in [-0.2, 0) is 4.74 Å². The molecule has 0 aromatic carbocycles. The molecule has 2 aliphatic rings. The summed E-state index contributed by atoms with van der Waals surface area (Å²) in [5.41, 5.74) is 0. The van der Waals surface area contributed by atoms with E-state index in [1.807, 2.05) is 6.92 Å². The van der Waals surface area contributed by atoms with Crippen molar-refractivity contribution < 1.29 is 4.74 Å². The molecular weight excluding hydrogens is 152 g/mol. The normalized spacial score (nSPS) is 32.6. The Morgan fingerprint density at radius 1 is 1.42 bits per heavy atom. The van der Waals surface area contributed by atoms with Crippen LogP contribution in [0.3, 0.4) is 0 Å². The molecule has 3 nitrogen and oxygen atoms in total. The minimum absolute atomic E-state index is 0.398. The van der Waals surface area contributed by atoms with Crippen LogP contribution in [0.4, 0.5) is 0 Å². The van der Waals surface area contributed by atoms with Gasteiger partial charge in [-0.3, -0.25) is 5.41 Å². The van der Waals surface area contributed by atoms with Gasteiger partial charge in [-0.25, -0.2) is 0 Å². The van der Waals surface area contributed by atoms with Crippen molar-refractivity contribution in [2.75, 3.05) is 6.61 Å². The number of likely N-dealkylation sites (tertiary alicyclic amines) is 1. The summed E-state index contributed by atoms with van der Waals surface area (Å²) >= 11 is 0. The lowest BCUT2D eigenvalue weighted by molar-refractivity contribution is 0.283. The van der Waals surface area contributed by atoms with E-state index in [0.717, 1.165) is 0 Å². The zero-order valence-electron chi connectivity index (χ0n) is 7.55. The van der Waals surface area contributed by atoms with Gasteiger partial charge in [0, 0.05) is 0 Å². The molecule has 12 heavy (non-hydrogen) atoms. The van der Waals surface area contributed by atoms with Crippen LogP contribution in [0, 0.1) is 5.41 Å². The van der Waals surface area contributed by atoms with E-state index < -0.39 is 0 Å². The second-order valence-corrected chi connectivity index (χ2v) is 3.56. The van der Waals surface area contributed by atoms with Crippen molar-refractivity contribution >= 4 is 6.02 Å². The monoisotopic (exact) mass is 168 g/mol. The molecule has 0 radical (unpaired) electrons. The molecule has 1 aliphatic heterocycles. The molecule has 0 spiro atoms. The Morgan fingerprint density at radius 3 is 2.50 bits per heavy atom. The van der Waals surface area contributed by atoms with Crippen molar-refractivity contribution in [2.24, 2.45) is 0 Å². The Labute approximate surface area is 73.2 Å². The molecule has 0 aromatic rings.